The van der Waals surface area contributed by atoms with E-state index in [-0.39, 0.29) is 40.4 Å². The number of ether oxygens (including phenoxy) is 1. The van der Waals surface area contributed by atoms with Crippen LogP contribution in [-0.4, -0.2) is 17.4 Å². The topological polar surface area (TPSA) is 107 Å². The van der Waals surface area contributed by atoms with E-state index in [1.165, 1.54) is 0 Å². The molecule has 0 unspecified atom stereocenters. The summed E-state index contributed by atoms with van der Waals surface area (Å²) < 4.78 is 5.29. The molecule has 0 aromatic heterocycles. The average molecular weight is 308 g/mol. The van der Waals surface area contributed by atoms with Crippen molar-refractivity contribution in [3.05, 3.63) is 32.3 Å². The normalized spacial score (nSPS) is 10.1. The van der Waals surface area contributed by atoms with Crippen LogP contribution in [0.5, 0.6) is 5.75 Å². The third-order valence-electron chi connectivity index (χ3n) is 2.15. The molecule has 7 nitrogen and oxygen atoms in total. The summed E-state index contributed by atoms with van der Waals surface area (Å²) in [5, 5.41) is 10.7. The van der Waals surface area contributed by atoms with E-state index in [1.807, 2.05) is 5.43 Å². The first-order valence-electron chi connectivity index (χ1n) is 5.21. The molecule has 0 aliphatic rings. The van der Waals surface area contributed by atoms with Gasteiger partial charge in [0.05, 0.1) is 21.6 Å². The summed E-state index contributed by atoms with van der Waals surface area (Å²) in [5.74, 6) is 4.75. The molecular formula is C10H11Cl2N3O4. The number of nitrogens with one attached hydrogen (secondary N) is 1. The van der Waals surface area contributed by atoms with Crippen molar-refractivity contribution in [3.63, 3.8) is 0 Å². The third-order valence-corrected chi connectivity index (χ3v) is 2.71. The highest BCUT2D eigenvalue weighted by Crippen LogP contribution is 2.36. The fourth-order valence-electron chi connectivity index (χ4n) is 1.27. The Morgan fingerprint density at radius 2 is 2.00 bits per heavy atom. The lowest BCUT2D eigenvalue weighted by Gasteiger charge is -2.09. The van der Waals surface area contributed by atoms with Crippen LogP contribution in [-0.2, 0) is 4.79 Å². The number of rotatable bonds is 6. The second kappa shape index (κ2) is 7.13. The molecule has 1 rings (SSSR count). The van der Waals surface area contributed by atoms with Crippen LogP contribution in [0.4, 0.5) is 5.69 Å². The van der Waals surface area contributed by atoms with Crippen LogP contribution in [0.2, 0.25) is 10.0 Å². The highest BCUT2D eigenvalue weighted by atomic mass is 35.5. The zero-order chi connectivity index (χ0) is 14.4. The van der Waals surface area contributed by atoms with E-state index in [9.17, 15) is 14.9 Å². The number of benzene rings is 1. The molecule has 1 amide bonds. The van der Waals surface area contributed by atoms with Gasteiger partial charge in [-0.1, -0.05) is 23.2 Å². The van der Waals surface area contributed by atoms with Crippen LogP contribution < -0.4 is 16.0 Å². The molecule has 0 atom stereocenters. The Hall–Kier alpha value is -1.57. The molecule has 104 valence electrons. The number of nitro benzene ring substituents is 1. The number of halogens is 2. The van der Waals surface area contributed by atoms with E-state index in [1.54, 1.807) is 0 Å². The highest BCUT2D eigenvalue weighted by molar-refractivity contribution is 6.37. The Kier molecular flexibility index (Phi) is 5.81. The van der Waals surface area contributed by atoms with Gasteiger partial charge in [0.15, 0.2) is 5.75 Å². The molecular weight excluding hydrogens is 297 g/mol. The number of amides is 1. The van der Waals surface area contributed by atoms with Gasteiger partial charge in [-0.15, -0.1) is 0 Å². The van der Waals surface area contributed by atoms with E-state index in [4.69, 9.17) is 33.8 Å². The molecule has 0 aliphatic heterocycles. The smallest absolute Gasteiger partial charge is 0.272 e. The fraction of sp³-hybridized carbons (Fsp3) is 0.300. The first-order chi connectivity index (χ1) is 8.95. The lowest BCUT2D eigenvalue weighted by molar-refractivity contribution is -0.384. The second-order valence-electron chi connectivity index (χ2n) is 3.52. The predicted octanol–water partition coefficient (Wildman–Crippen LogP) is 2.05. The van der Waals surface area contributed by atoms with Gasteiger partial charge in [0.25, 0.3) is 5.69 Å². The minimum atomic E-state index is -0.604. The first kappa shape index (κ1) is 15.5. The maximum absolute atomic E-state index is 10.9. The summed E-state index contributed by atoms with van der Waals surface area (Å²) in [4.78, 5) is 20.8. The van der Waals surface area contributed by atoms with E-state index < -0.39 is 4.92 Å². The van der Waals surface area contributed by atoms with Crippen molar-refractivity contribution in [2.45, 2.75) is 12.8 Å². The highest BCUT2D eigenvalue weighted by Gasteiger charge is 2.15. The Morgan fingerprint density at radius 1 is 1.42 bits per heavy atom. The summed E-state index contributed by atoms with van der Waals surface area (Å²) in [5.41, 5.74) is 1.77. The number of carbonyl (C=O) groups excluding carboxylic acids is 1. The van der Waals surface area contributed by atoms with Gasteiger partial charge in [0.2, 0.25) is 5.91 Å². The Morgan fingerprint density at radius 3 is 2.47 bits per heavy atom. The number of hydrazine groups is 1. The lowest BCUT2D eigenvalue weighted by Crippen LogP contribution is -2.29. The van der Waals surface area contributed by atoms with Crippen molar-refractivity contribution < 1.29 is 14.5 Å². The van der Waals surface area contributed by atoms with Crippen LogP contribution in [0.1, 0.15) is 12.8 Å². The summed E-state index contributed by atoms with van der Waals surface area (Å²) in [6, 6.07) is 2.30. The van der Waals surface area contributed by atoms with Crippen molar-refractivity contribution in [2.24, 2.45) is 5.84 Å². The Balaban J connectivity index is 2.64. The molecule has 1 aromatic rings. The molecule has 9 heteroatoms. The second-order valence-corrected chi connectivity index (χ2v) is 4.33. The Labute approximate surface area is 118 Å². The number of hydrogen-bond acceptors (Lipinski definition) is 5. The average Bonchev–Trinajstić information content (AvgIpc) is 2.36. The number of non-ortho nitro benzene ring substituents is 1. The lowest BCUT2D eigenvalue weighted by atomic mass is 10.3. The van der Waals surface area contributed by atoms with E-state index in [0.29, 0.717) is 6.42 Å². The molecule has 0 bridgehead atoms. The SMILES string of the molecule is NNC(=O)CCCOc1c(Cl)cc([N+](=O)[O-])cc1Cl. The zero-order valence-electron chi connectivity index (χ0n) is 9.69. The van der Waals surface area contributed by atoms with Gasteiger partial charge in [-0.25, -0.2) is 5.84 Å². The largest absolute Gasteiger partial charge is 0.490 e. The maximum Gasteiger partial charge on any atom is 0.272 e. The standard InChI is InChI=1S/C10H11Cl2N3O4/c11-7-4-6(15(17)18)5-8(12)10(7)19-3-1-2-9(16)14-13/h4-5H,1-3,13H2,(H,14,16). The first-order valence-corrected chi connectivity index (χ1v) is 5.97. The van der Waals surface area contributed by atoms with Gasteiger partial charge in [-0.3, -0.25) is 20.3 Å². The predicted molar refractivity (Wildman–Crippen MR) is 70.2 cm³/mol. The molecule has 0 spiro atoms. The fourth-order valence-corrected chi connectivity index (χ4v) is 1.85. The number of nitro groups is 1. The molecule has 1 aromatic carbocycles. The van der Waals surface area contributed by atoms with Gasteiger partial charge in [0.1, 0.15) is 0 Å². The van der Waals surface area contributed by atoms with Crippen LogP contribution in [0.25, 0.3) is 0 Å². The zero-order valence-corrected chi connectivity index (χ0v) is 11.2. The van der Waals surface area contributed by atoms with Crippen LogP contribution >= 0.6 is 23.2 Å². The van der Waals surface area contributed by atoms with E-state index in [0.717, 1.165) is 12.1 Å². The minimum Gasteiger partial charge on any atom is -0.490 e. The van der Waals surface area contributed by atoms with Crippen molar-refractivity contribution in [3.8, 4) is 5.75 Å². The van der Waals surface area contributed by atoms with E-state index >= 15 is 0 Å². The van der Waals surface area contributed by atoms with Crippen LogP contribution in [0.15, 0.2) is 12.1 Å². The van der Waals surface area contributed by atoms with Crippen LogP contribution in [0, 0.1) is 10.1 Å². The van der Waals surface area contributed by atoms with Gasteiger partial charge < -0.3 is 4.74 Å². The van der Waals surface area contributed by atoms with E-state index in [2.05, 4.69) is 0 Å². The number of nitrogens with two attached hydrogens (primary N) is 1. The minimum absolute atomic E-state index is 0.0440. The maximum atomic E-state index is 10.9. The van der Waals surface area contributed by atoms with Gasteiger partial charge in [-0.05, 0) is 6.42 Å². The summed E-state index contributed by atoms with van der Waals surface area (Å²) >= 11 is 11.7. The van der Waals surface area contributed by atoms with Crippen molar-refractivity contribution in [1.82, 2.24) is 5.43 Å². The van der Waals surface area contributed by atoms with Crippen molar-refractivity contribution >= 4 is 34.8 Å². The summed E-state index contributed by atoms with van der Waals surface area (Å²) in [7, 11) is 0. The van der Waals surface area contributed by atoms with Crippen molar-refractivity contribution in [2.75, 3.05) is 6.61 Å². The number of nitrogens with zero attached hydrogens (tertiary/aromatic N) is 1. The molecule has 3 N–H and O–H groups in total. The van der Waals surface area contributed by atoms with Gasteiger partial charge >= 0.3 is 0 Å². The van der Waals surface area contributed by atoms with Crippen LogP contribution in [0.3, 0.4) is 0 Å². The molecule has 0 heterocycles. The van der Waals surface area contributed by atoms with Gasteiger partial charge in [-0.2, -0.15) is 0 Å². The molecule has 19 heavy (non-hydrogen) atoms. The molecule has 0 saturated carbocycles. The summed E-state index contributed by atoms with van der Waals surface area (Å²) in [6.07, 6.45) is 0.603. The number of hydrogen-bond donors (Lipinski definition) is 2. The summed E-state index contributed by atoms with van der Waals surface area (Å²) in [6.45, 7) is 0.185. The quantitative estimate of drug-likeness (QED) is 0.275. The molecule has 0 fully saturated rings. The monoisotopic (exact) mass is 307 g/mol. The Bertz CT molecular complexity index is 473. The molecule has 0 saturated heterocycles. The van der Waals surface area contributed by atoms with Crippen molar-refractivity contribution in [1.29, 1.82) is 0 Å². The molecule has 0 radical (unpaired) electrons. The van der Waals surface area contributed by atoms with Gasteiger partial charge in [0, 0.05) is 18.6 Å². The number of carbonyl (C=O) groups is 1. The molecule has 0 aliphatic carbocycles. The third kappa shape index (κ3) is 4.55.